The lowest BCUT2D eigenvalue weighted by Gasteiger charge is -2.33. The normalized spacial score (nSPS) is 38.2. The fourth-order valence-electron chi connectivity index (χ4n) is 1.55. The lowest BCUT2D eigenvalue weighted by Crippen LogP contribution is -2.32. The second-order valence-corrected chi connectivity index (χ2v) is 6.33. The summed E-state index contributed by atoms with van der Waals surface area (Å²) in [7, 11) is 0. The van der Waals surface area contributed by atoms with Crippen LogP contribution in [0.3, 0.4) is 0 Å². The molecule has 0 unspecified atom stereocenters. The Balaban J connectivity index is 2.47. The fourth-order valence-corrected chi connectivity index (χ4v) is 2.17. The van der Waals surface area contributed by atoms with E-state index in [1.165, 1.54) is 0 Å². The van der Waals surface area contributed by atoms with Gasteiger partial charge in [-0.2, -0.15) is 13.2 Å². The molecule has 0 aromatic carbocycles. The molecular formula is C8H12F3I. The van der Waals surface area contributed by atoms with Gasteiger partial charge in [0.1, 0.15) is 0 Å². The summed E-state index contributed by atoms with van der Waals surface area (Å²) in [5.74, 6) is -1.04. The van der Waals surface area contributed by atoms with Crippen LogP contribution in [0.5, 0.6) is 0 Å². The van der Waals surface area contributed by atoms with Gasteiger partial charge in [0, 0.05) is 3.42 Å². The molecule has 0 amide bonds. The molecule has 1 rings (SSSR count). The summed E-state index contributed by atoms with van der Waals surface area (Å²) in [6.07, 6.45) is -1.96. The highest BCUT2D eigenvalue weighted by atomic mass is 127. The van der Waals surface area contributed by atoms with Crippen LogP contribution in [0.2, 0.25) is 0 Å². The Morgan fingerprint density at radius 2 is 1.67 bits per heavy atom. The van der Waals surface area contributed by atoms with Crippen molar-refractivity contribution >= 4 is 22.6 Å². The third-order valence-electron chi connectivity index (χ3n) is 2.49. The van der Waals surface area contributed by atoms with E-state index in [0.29, 0.717) is 25.7 Å². The van der Waals surface area contributed by atoms with Crippen molar-refractivity contribution in [2.24, 2.45) is 5.92 Å². The third kappa shape index (κ3) is 2.78. The lowest BCUT2D eigenvalue weighted by atomic mass is 9.82. The Morgan fingerprint density at radius 1 is 1.25 bits per heavy atom. The molecule has 1 saturated carbocycles. The Hall–Kier alpha value is 0.520. The van der Waals surface area contributed by atoms with E-state index < -0.39 is 12.1 Å². The summed E-state index contributed by atoms with van der Waals surface area (Å²) in [6, 6.07) is 0. The minimum absolute atomic E-state index is 0.0967. The minimum Gasteiger partial charge on any atom is -0.171 e. The van der Waals surface area contributed by atoms with Gasteiger partial charge in [-0.1, -0.05) is 29.5 Å². The molecule has 0 radical (unpaired) electrons. The van der Waals surface area contributed by atoms with Crippen LogP contribution in [-0.4, -0.2) is 9.60 Å². The summed E-state index contributed by atoms with van der Waals surface area (Å²) < 4.78 is 36.7. The van der Waals surface area contributed by atoms with Gasteiger partial charge in [-0.3, -0.25) is 0 Å². The first-order valence-corrected chi connectivity index (χ1v) is 5.15. The molecule has 0 heterocycles. The van der Waals surface area contributed by atoms with E-state index >= 15 is 0 Å². The molecule has 0 saturated heterocycles. The van der Waals surface area contributed by atoms with Crippen LogP contribution in [0, 0.1) is 5.92 Å². The Kier molecular flexibility index (Phi) is 2.96. The van der Waals surface area contributed by atoms with Gasteiger partial charge < -0.3 is 0 Å². The average Bonchev–Trinajstić information content (AvgIpc) is 1.83. The summed E-state index contributed by atoms with van der Waals surface area (Å²) in [4.78, 5) is 0. The molecule has 0 bridgehead atoms. The van der Waals surface area contributed by atoms with Gasteiger partial charge in [0.05, 0.1) is 5.92 Å². The van der Waals surface area contributed by atoms with Crippen molar-refractivity contribution < 1.29 is 13.2 Å². The summed E-state index contributed by atoms with van der Waals surface area (Å²) >= 11 is 2.26. The Labute approximate surface area is 84.0 Å². The molecule has 0 aromatic rings. The fraction of sp³-hybridized carbons (Fsp3) is 1.00. The first-order chi connectivity index (χ1) is 5.31. The van der Waals surface area contributed by atoms with Gasteiger partial charge in [-0.15, -0.1) is 0 Å². The Bertz CT molecular complexity index is 152. The van der Waals surface area contributed by atoms with Crippen molar-refractivity contribution in [3.63, 3.8) is 0 Å². The van der Waals surface area contributed by atoms with Crippen LogP contribution in [0.25, 0.3) is 0 Å². The van der Waals surface area contributed by atoms with Crippen LogP contribution >= 0.6 is 22.6 Å². The molecule has 1 fully saturated rings. The smallest absolute Gasteiger partial charge is 0.171 e. The molecule has 0 N–H and O–H groups in total. The van der Waals surface area contributed by atoms with E-state index in [-0.39, 0.29) is 3.42 Å². The molecule has 0 aromatic heterocycles. The van der Waals surface area contributed by atoms with Crippen molar-refractivity contribution in [2.45, 2.75) is 42.2 Å². The van der Waals surface area contributed by atoms with E-state index in [9.17, 15) is 13.2 Å². The molecule has 0 spiro atoms. The molecule has 1 aliphatic carbocycles. The quantitative estimate of drug-likeness (QED) is 0.469. The Morgan fingerprint density at radius 3 is 2.00 bits per heavy atom. The van der Waals surface area contributed by atoms with Crippen molar-refractivity contribution in [1.82, 2.24) is 0 Å². The first kappa shape index (κ1) is 10.6. The second kappa shape index (κ2) is 3.35. The molecular weight excluding hydrogens is 280 g/mol. The first-order valence-electron chi connectivity index (χ1n) is 4.07. The second-order valence-electron chi connectivity index (χ2n) is 3.73. The van der Waals surface area contributed by atoms with Gasteiger partial charge in [0.15, 0.2) is 0 Å². The highest BCUT2D eigenvalue weighted by molar-refractivity contribution is 14.1. The summed E-state index contributed by atoms with van der Waals surface area (Å²) in [5, 5.41) is 0. The molecule has 0 atom stereocenters. The molecule has 12 heavy (non-hydrogen) atoms. The molecule has 72 valence electrons. The zero-order valence-corrected chi connectivity index (χ0v) is 9.08. The van der Waals surface area contributed by atoms with E-state index in [1.54, 1.807) is 0 Å². The maximum Gasteiger partial charge on any atom is 0.391 e. The highest BCUT2D eigenvalue weighted by Crippen LogP contribution is 2.44. The predicted octanol–water partition coefficient (Wildman–Crippen LogP) is 3.93. The van der Waals surface area contributed by atoms with Crippen LogP contribution in [0.1, 0.15) is 32.6 Å². The van der Waals surface area contributed by atoms with Crippen molar-refractivity contribution in [1.29, 1.82) is 0 Å². The number of alkyl halides is 4. The average molecular weight is 292 g/mol. The SMILES string of the molecule is CC1(I)CCC(C(F)(F)F)CC1. The number of hydrogen-bond donors (Lipinski definition) is 0. The van der Waals surface area contributed by atoms with Gasteiger partial charge in [-0.25, -0.2) is 0 Å². The van der Waals surface area contributed by atoms with Gasteiger partial charge in [0.25, 0.3) is 0 Å². The summed E-state index contributed by atoms with van der Waals surface area (Å²) in [6.45, 7) is 2.03. The number of hydrogen-bond acceptors (Lipinski definition) is 0. The maximum atomic E-state index is 12.2. The van der Waals surface area contributed by atoms with Crippen LogP contribution in [-0.2, 0) is 0 Å². The van der Waals surface area contributed by atoms with Crippen LogP contribution in [0.4, 0.5) is 13.2 Å². The van der Waals surface area contributed by atoms with E-state index in [1.807, 2.05) is 6.92 Å². The van der Waals surface area contributed by atoms with Gasteiger partial charge in [-0.05, 0) is 25.7 Å². The van der Waals surface area contributed by atoms with Crippen molar-refractivity contribution in [2.75, 3.05) is 0 Å². The molecule has 1 aliphatic rings. The number of halogens is 4. The van der Waals surface area contributed by atoms with Crippen LogP contribution < -0.4 is 0 Å². The molecule has 0 aliphatic heterocycles. The molecule has 4 heteroatoms. The summed E-state index contributed by atoms with van der Waals surface area (Å²) in [5.41, 5.74) is 0. The van der Waals surface area contributed by atoms with E-state index in [2.05, 4.69) is 22.6 Å². The standard InChI is InChI=1S/C8H12F3I/c1-7(12)4-2-6(3-5-7)8(9,10)11/h6H,2-5H2,1H3. The van der Waals surface area contributed by atoms with Crippen LogP contribution in [0.15, 0.2) is 0 Å². The largest absolute Gasteiger partial charge is 0.391 e. The monoisotopic (exact) mass is 292 g/mol. The maximum absolute atomic E-state index is 12.2. The zero-order valence-electron chi connectivity index (χ0n) is 6.92. The highest BCUT2D eigenvalue weighted by Gasteiger charge is 2.43. The van der Waals surface area contributed by atoms with Crippen molar-refractivity contribution in [3.05, 3.63) is 0 Å². The minimum atomic E-state index is -3.97. The van der Waals surface area contributed by atoms with E-state index in [4.69, 9.17) is 0 Å². The topological polar surface area (TPSA) is 0 Å². The predicted molar refractivity (Wildman–Crippen MR) is 50.4 cm³/mol. The van der Waals surface area contributed by atoms with Crippen molar-refractivity contribution in [3.8, 4) is 0 Å². The van der Waals surface area contributed by atoms with Gasteiger partial charge >= 0.3 is 6.18 Å². The van der Waals surface area contributed by atoms with E-state index in [0.717, 1.165) is 0 Å². The number of rotatable bonds is 0. The third-order valence-corrected chi connectivity index (χ3v) is 3.57. The van der Waals surface area contributed by atoms with Gasteiger partial charge in [0.2, 0.25) is 0 Å². The zero-order chi connectivity index (χ0) is 9.41. The lowest BCUT2D eigenvalue weighted by molar-refractivity contribution is -0.182. The molecule has 0 nitrogen and oxygen atoms in total.